The highest BCUT2D eigenvalue weighted by molar-refractivity contribution is 6.09. The number of aryl methyl sites for hydroxylation is 2. The number of furan rings is 1. The van der Waals surface area contributed by atoms with Gasteiger partial charge in [0.2, 0.25) is 0 Å². The largest absolute Gasteiger partial charge is 0.467 e. The first-order valence-electron chi connectivity index (χ1n) is 9.95. The Morgan fingerprint density at radius 2 is 1.94 bits per heavy atom. The molecule has 7 nitrogen and oxygen atoms in total. The summed E-state index contributed by atoms with van der Waals surface area (Å²) in [7, 11) is 3.80. The average Bonchev–Trinajstić information content (AvgIpc) is 3.50. The molecule has 1 N–H and O–H groups in total. The van der Waals surface area contributed by atoms with Gasteiger partial charge in [0.05, 0.1) is 19.0 Å². The number of aromatic nitrogens is 3. The standard InChI is InChI=1S/C24H21N5O2/c1-28-21-8-4-3-7-18(21)19-12-16(9-10-22(19)28)13-25-20-15-27-29(2)23(20)24(30)26-14-17-6-5-11-31-17/h3-13,15H,14H2,1-2H3,(H,26,30). The van der Waals surface area contributed by atoms with E-state index in [1.807, 2.05) is 24.3 Å². The number of carbonyl (C=O) groups is 1. The molecule has 0 aliphatic heterocycles. The molecule has 7 heteroatoms. The molecular formula is C24H21N5O2. The molecule has 0 fully saturated rings. The van der Waals surface area contributed by atoms with Crippen LogP contribution in [0.15, 0.2) is 76.5 Å². The van der Waals surface area contributed by atoms with Crippen molar-refractivity contribution in [3.63, 3.8) is 0 Å². The van der Waals surface area contributed by atoms with E-state index in [4.69, 9.17) is 4.42 Å². The second-order valence-corrected chi connectivity index (χ2v) is 7.38. The Morgan fingerprint density at radius 1 is 1.10 bits per heavy atom. The molecule has 0 unspecified atom stereocenters. The molecule has 0 bridgehead atoms. The van der Waals surface area contributed by atoms with Gasteiger partial charge in [-0.15, -0.1) is 0 Å². The highest BCUT2D eigenvalue weighted by atomic mass is 16.3. The molecular weight excluding hydrogens is 390 g/mol. The number of fused-ring (bicyclic) bond motifs is 3. The van der Waals surface area contributed by atoms with Gasteiger partial charge in [-0.1, -0.05) is 24.3 Å². The van der Waals surface area contributed by atoms with Gasteiger partial charge in [0.15, 0.2) is 5.69 Å². The Balaban J connectivity index is 1.44. The Bertz CT molecular complexity index is 1420. The fourth-order valence-electron chi connectivity index (χ4n) is 3.86. The lowest BCUT2D eigenvalue weighted by Crippen LogP contribution is -2.25. The van der Waals surface area contributed by atoms with Crippen LogP contribution < -0.4 is 5.32 Å². The third-order valence-corrected chi connectivity index (χ3v) is 5.43. The fourth-order valence-corrected chi connectivity index (χ4v) is 3.86. The number of para-hydroxylation sites is 1. The molecule has 5 aromatic rings. The maximum atomic E-state index is 12.7. The summed E-state index contributed by atoms with van der Waals surface area (Å²) in [6, 6.07) is 18.2. The van der Waals surface area contributed by atoms with Crippen LogP contribution in [-0.2, 0) is 20.6 Å². The summed E-state index contributed by atoms with van der Waals surface area (Å²) in [5.41, 5.74) is 4.22. The van der Waals surface area contributed by atoms with E-state index in [9.17, 15) is 4.79 Å². The first kappa shape index (κ1) is 18.9. The van der Waals surface area contributed by atoms with Crippen molar-refractivity contribution in [1.82, 2.24) is 19.7 Å². The van der Waals surface area contributed by atoms with Crippen molar-refractivity contribution in [3.05, 3.63) is 84.1 Å². The topological polar surface area (TPSA) is 77.3 Å². The summed E-state index contributed by atoms with van der Waals surface area (Å²) in [4.78, 5) is 17.2. The second-order valence-electron chi connectivity index (χ2n) is 7.38. The van der Waals surface area contributed by atoms with Crippen LogP contribution in [0.5, 0.6) is 0 Å². The van der Waals surface area contributed by atoms with Gasteiger partial charge < -0.3 is 14.3 Å². The average molecular weight is 411 g/mol. The van der Waals surface area contributed by atoms with Crippen LogP contribution in [0.25, 0.3) is 21.8 Å². The van der Waals surface area contributed by atoms with Crippen LogP contribution in [-0.4, -0.2) is 26.5 Å². The minimum absolute atomic E-state index is 0.256. The Kier molecular flexibility index (Phi) is 4.63. The van der Waals surface area contributed by atoms with Gasteiger partial charge in [0.1, 0.15) is 11.4 Å². The fraction of sp³-hybridized carbons (Fsp3) is 0.125. The molecule has 0 aliphatic carbocycles. The van der Waals surface area contributed by atoms with E-state index in [1.54, 1.807) is 31.8 Å². The molecule has 1 amide bonds. The minimum atomic E-state index is -0.256. The van der Waals surface area contributed by atoms with Crippen molar-refractivity contribution in [2.45, 2.75) is 6.54 Å². The zero-order valence-electron chi connectivity index (χ0n) is 17.2. The Hall–Kier alpha value is -4.13. The lowest BCUT2D eigenvalue weighted by Gasteiger charge is -2.05. The van der Waals surface area contributed by atoms with E-state index in [2.05, 4.69) is 51.3 Å². The van der Waals surface area contributed by atoms with Crippen molar-refractivity contribution in [2.24, 2.45) is 19.1 Å². The van der Waals surface area contributed by atoms with Gasteiger partial charge >= 0.3 is 0 Å². The molecule has 0 saturated carbocycles. The highest BCUT2D eigenvalue weighted by Crippen LogP contribution is 2.28. The molecule has 0 spiro atoms. The van der Waals surface area contributed by atoms with Crippen LogP contribution >= 0.6 is 0 Å². The SMILES string of the molecule is Cn1ncc(N=Cc2ccc3c(c2)c2ccccc2n3C)c1C(=O)NCc1ccco1. The van der Waals surface area contributed by atoms with E-state index in [0.29, 0.717) is 23.7 Å². The van der Waals surface area contributed by atoms with Crippen molar-refractivity contribution in [1.29, 1.82) is 0 Å². The molecule has 0 aliphatic rings. The van der Waals surface area contributed by atoms with E-state index in [-0.39, 0.29) is 5.91 Å². The first-order valence-corrected chi connectivity index (χ1v) is 9.95. The van der Waals surface area contributed by atoms with Crippen molar-refractivity contribution >= 4 is 39.6 Å². The smallest absolute Gasteiger partial charge is 0.272 e. The van der Waals surface area contributed by atoms with Crippen LogP contribution in [0, 0.1) is 0 Å². The summed E-state index contributed by atoms with van der Waals surface area (Å²) < 4.78 is 8.98. The highest BCUT2D eigenvalue weighted by Gasteiger charge is 2.16. The predicted molar refractivity (Wildman–Crippen MR) is 121 cm³/mol. The van der Waals surface area contributed by atoms with Crippen molar-refractivity contribution in [2.75, 3.05) is 0 Å². The molecule has 2 aromatic carbocycles. The number of nitrogens with one attached hydrogen (secondary N) is 1. The number of hydrogen-bond donors (Lipinski definition) is 1. The summed E-state index contributed by atoms with van der Waals surface area (Å²) >= 11 is 0. The van der Waals surface area contributed by atoms with Crippen molar-refractivity contribution in [3.8, 4) is 0 Å². The van der Waals surface area contributed by atoms with Gasteiger partial charge in [0, 0.05) is 42.1 Å². The van der Waals surface area contributed by atoms with Crippen LogP contribution in [0.2, 0.25) is 0 Å². The molecule has 0 radical (unpaired) electrons. The number of rotatable bonds is 5. The number of carbonyl (C=O) groups excluding carboxylic acids is 1. The summed E-state index contributed by atoms with van der Waals surface area (Å²) in [5, 5.41) is 9.42. The van der Waals surface area contributed by atoms with Crippen LogP contribution in [0.1, 0.15) is 21.8 Å². The molecule has 5 rings (SSSR count). The van der Waals surface area contributed by atoms with Gasteiger partial charge in [-0.05, 0) is 35.9 Å². The van der Waals surface area contributed by atoms with Gasteiger partial charge in [0.25, 0.3) is 5.91 Å². The number of benzene rings is 2. The minimum Gasteiger partial charge on any atom is -0.467 e. The monoisotopic (exact) mass is 411 g/mol. The number of amides is 1. The second kappa shape index (κ2) is 7.60. The third kappa shape index (κ3) is 3.40. The molecule has 0 atom stereocenters. The van der Waals surface area contributed by atoms with E-state index >= 15 is 0 Å². The predicted octanol–water partition coefficient (Wildman–Crippen LogP) is 4.34. The summed E-state index contributed by atoms with van der Waals surface area (Å²) in [5.74, 6) is 0.428. The lowest BCUT2D eigenvalue weighted by molar-refractivity contribution is 0.0939. The Labute approximate surface area is 178 Å². The molecule has 3 heterocycles. The van der Waals surface area contributed by atoms with Gasteiger partial charge in [-0.25, -0.2) is 0 Å². The zero-order valence-corrected chi connectivity index (χ0v) is 17.2. The van der Waals surface area contributed by atoms with Gasteiger partial charge in [-0.3, -0.25) is 14.5 Å². The third-order valence-electron chi connectivity index (χ3n) is 5.43. The number of nitrogens with zero attached hydrogens (tertiary/aromatic N) is 4. The quantitative estimate of drug-likeness (QED) is 0.437. The normalized spacial score (nSPS) is 11.7. The molecule has 3 aromatic heterocycles. The molecule has 31 heavy (non-hydrogen) atoms. The van der Waals surface area contributed by atoms with E-state index < -0.39 is 0 Å². The summed E-state index contributed by atoms with van der Waals surface area (Å²) in [6.07, 6.45) is 4.93. The number of aliphatic imine (C=N–C) groups is 1. The van der Waals surface area contributed by atoms with Gasteiger partial charge in [-0.2, -0.15) is 5.10 Å². The maximum absolute atomic E-state index is 12.7. The number of hydrogen-bond acceptors (Lipinski definition) is 4. The first-order chi connectivity index (χ1) is 15.1. The van der Waals surface area contributed by atoms with Crippen LogP contribution in [0.4, 0.5) is 5.69 Å². The van der Waals surface area contributed by atoms with Crippen molar-refractivity contribution < 1.29 is 9.21 Å². The molecule has 154 valence electrons. The Morgan fingerprint density at radius 3 is 2.77 bits per heavy atom. The zero-order chi connectivity index (χ0) is 21.4. The molecule has 0 saturated heterocycles. The van der Waals surface area contributed by atoms with E-state index in [0.717, 1.165) is 11.1 Å². The lowest BCUT2D eigenvalue weighted by atomic mass is 10.1. The maximum Gasteiger partial charge on any atom is 0.272 e. The van der Waals surface area contributed by atoms with E-state index in [1.165, 1.54) is 21.0 Å². The van der Waals surface area contributed by atoms with Crippen LogP contribution in [0.3, 0.4) is 0 Å². The summed E-state index contributed by atoms with van der Waals surface area (Å²) in [6.45, 7) is 0.303.